The van der Waals surface area contributed by atoms with Gasteiger partial charge in [0.05, 0.1) is 24.4 Å². The first kappa shape index (κ1) is 18.0. The van der Waals surface area contributed by atoms with Crippen LogP contribution in [-0.4, -0.2) is 30.3 Å². The topological polar surface area (TPSA) is 79.8 Å². The van der Waals surface area contributed by atoms with Crippen LogP contribution in [0.1, 0.15) is 10.4 Å². The quantitative estimate of drug-likeness (QED) is 0.529. The fourth-order valence-electron chi connectivity index (χ4n) is 1.88. The number of phenolic OH excluding ortho intramolecular Hbond substituents is 1. The Hall–Kier alpha value is -2.32. The first-order valence-electron chi connectivity index (χ1n) is 6.77. The summed E-state index contributed by atoms with van der Waals surface area (Å²) in [5.74, 6) is 0.759. The Morgan fingerprint density at radius 3 is 2.54 bits per heavy atom. The second-order valence-corrected chi connectivity index (χ2v) is 5.90. The van der Waals surface area contributed by atoms with Crippen LogP contribution in [-0.2, 0) is 0 Å². The molecule has 2 aromatic carbocycles. The van der Waals surface area contributed by atoms with Crippen LogP contribution in [0.25, 0.3) is 0 Å². The number of hydrogen-bond acceptors (Lipinski definition) is 5. The second-order valence-electron chi connectivity index (χ2n) is 4.64. The molecule has 0 bridgehead atoms. The van der Waals surface area contributed by atoms with Crippen LogP contribution in [0.15, 0.2) is 40.9 Å². The summed E-state index contributed by atoms with van der Waals surface area (Å²) in [7, 11) is 3.05. The number of thiocarbonyl (C=S) groups is 1. The predicted octanol–water partition coefficient (Wildman–Crippen LogP) is 3.30. The molecule has 0 aliphatic heterocycles. The van der Waals surface area contributed by atoms with E-state index in [2.05, 4.69) is 26.6 Å². The number of halogens is 1. The van der Waals surface area contributed by atoms with Crippen molar-refractivity contribution in [3.8, 4) is 17.2 Å². The van der Waals surface area contributed by atoms with Crippen LogP contribution in [0, 0.1) is 0 Å². The van der Waals surface area contributed by atoms with Gasteiger partial charge in [0.15, 0.2) is 5.11 Å². The SMILES string of the molecule is COc1ccc(O)c(NC(=S)NC(=O)c2ccc(OC)c(Br)c2)c1. The Balaban J connectivity index is 2.07. The molecule has 0 unspecified atom stereocenters. The van der Waals surface area contributed by atoms with Crippen molar-refractivity contribution in [3.05, 3.63) is 46.4 Å². The summed E-state index contributed by atoms with van der Waals surface area (Å²) in [5, 5.41) is 15.2. The number of rotatable bonds is 4. The number of anilines is 1. The third-order valence-corrected chi connectivity index (χ3v) is 3.92. The molecule has 0 spiro atoms. The highest BCUT2D eigenvalue weighted by Gasteiger charge is 2.12. The summed E-state index contributed by atoms with van der Waals surface area (Å²) in [6.07, 6.45) is 0. The van der Waals surface area contributed by atoms with Crippen LogP contribution in [0.3, 0.4) is 0 Å². The number of phenols is 1. The van der Waals surface area contributed by atoms with E-state index in [1.807, 2.05) is 0 Å². The Morgan fingerprint density at radius 2 is 1.92 bits per heavy atom. The van der Waals surface area contributed by atoms with Crippen LogP contribution in [0.4, 0.5) is 5.69 Å². The number of aromatic hydroxyl groups is 1. The van der Waals surface area contributed by atoms with Crippen LogP contribution < -0.4 is 20.1 Å². The van der Waals surface area contributed by atoms with Crippen LogP contribution in [0.2, 0.25) is 0 Å². The normalized spacial score (nSPS) is 9.96. The molecular weight excluding hydrogens is 396 g/mol. The molecule has 0 heterocycles. The van der Waals surface area contributed by atoms with Crippen molar-refractivity contribution in [2.75, 3.05) is 19.5 Å². The standard InChI is InChI=1S/C16H15BrN2O4S/c1-22-10-4-5-13(20)12(8-10)18-16(24)19-15(21)9-3-6-14(23-2)11(17)7-9/h3-8,20H,1-2H3,(H2,18,19,21,24). The highest BCUT2D eigenvalue weighted by Crippen LogP contribution is 2.28. The number of carbonyl (C=O) groups excluding carboxylic acids is 1. The van der Waals surface area contributed by atoms with E-state index in [4.69, 9.17) is 21.7 Å². The van der Waals surface area contributed by atoms with Gasteiger partial charge in [-0.05, 0) is 58.5 Å². The largest absolute Gasteiger partial charge is 0.506 e. The molecule has 2 aromatic rings. The zero-order valence-corrected chi connectivity index (χ0v) is 15.3. The van der Waals surface area contributed by atoms with Crippen molar-refractivity contribution >= 4 is 44.9 Å². The summed E-state index contributed by atoms with van der Waals surface area (Å²) < 4.78 is 10.9. The van der Waals surface area contributed by atoms with E-state index in [9.17, 15) is 9.90 Å². The minimum Gasteiger partial charge on any atom is -0.506 e. The lowest BCUT2D eigenvalue weighted by atomic mass is 10.2. The average molecular weight is 411 g/mol. The molecule has 1 amide bonds. The Kier molecular flexibility index (Phi) is 5.99. The molecule has 0 aliphatic rings. The van der Waals surface area contributed by atoms with Crippen molar-refractivity contribution in [1.82, 2.24) is 5.32 Å². The summed E-state index contributed by atoms with van der Waals surface area (Å²) in [6.45, 7) is 0. The number of carbonyl (C=O) groups is 1. The number of methoxy groups -OCH3 is 2. The minimum atomic E-state index is -0.391. The van der Waals surface area contributed by atoms with Gasteiger partial charge in [-0.3, -0.25) is 10.1 Å². The van der Waals surface area contributed by atoms with E-state index in [0.29, 0.717) is 27.2 Å². The van der Waals surface area contributed by atoms with E-state index in [0.717, 1.165) is 0 Å². The van der Waals surface area contributed by atoms with E-state index in [1.54, 1.807) is 37.4 Å². The smallest absolute Gasteiger partial charge is 0.257 e. The zero-order valence-electron chi connectivity index (χ0n) is 12.9. The molecule has 2 rings (SSSR count). The van der Waals surface area contributed by atoms with Gasteiger partial charge in [0.2, 0.25) is 0 Å². The van der Waals surface area contributed by atoms with Gasteiger partial charge in [0.25, 0.3) is 5.91 Å². The Labute approximate surface area is 152 Å². The van der Waals surface area contributed by atoms with E-state index < -0.39 is 5.91 Å². The maximum absolute atomic E-state index is 12.2. The summed E-state index contributed by atoms with van der Waals surface area (Å²) >= 11 is 8.42. The van der Waals surface area contributed by atoms with Gasteiger partial charge in [0, 0.05) is 11.6 Å². The molecule has 3 N–H and O–H groups in total. The van der Waals surface area contributed by atoms with Crippen molar-refractivity contribution in [3.63, 3.8) is 0 Å². The van der Waals surface area contributed by atoms with Crippen molar-refractivity contribution in [2.45, 2.75) is 0 Å². The third kappa shape index (κ3) is 4.36. The van der Waals surface area contributed by atoms with Crippen LogP contribution >= 0.6 is 28.1 Å². The van der Waals surface area contributed by atoms with Crippen molar-refractivity contribution in [1.29, 1.82) is 0 Å². The molecule has 0 aromatic heterocycles. The molecule has 8 heteroatoms. The lowest BCUT2D eigenvalue weighted by Gasteiger charge is -2.12. The van der Waals surface area contributed by atoms with Gasteiger partial charge < -0.3 is 19.9 Å². The average Bonchev–Trinajstić information content (AvgIpc) is 2.56. The minimum absolute atomic E-state index is 0.0143. The van der Waals surface area contributed by atoms with Gasteiger partial charge in [-0.15, -0.1) is 0 Å². The van der Waals surface area contributed by atoms with Gasteiger partial charge in [-0.2, -0.15) is 0 Å². The molecular formula is C16H15BrN2O4S. The summed E-state index contributed by atoms with van der Waals surface area (Å²) in [4.78, 5) is 12.2. The molecule has 0 radical (unpaired) electrons. The first-order chi connectivity index (χ1) is 11.4. The summed E-state index contributed by atoms with van der Waals surface area (Å²) in [6, 6.07) is 9.55. The maximum Gasteiger partial charge on any atom is 0.257 e. The fourth-order valence-corrected chi connectivity index (χ4v) is 2.62. The van der Waals surface area contributed by atoms with E-state index >= 15 is 0 Å². The number of amides is 1. The molecule has 0 atom stereocenters. The third-order valence-electron chi connectivity index (χ3n) is 3.09. The monoisotopic (exact) mass is 410 g/mol. The zero-order chi connectivity index (χ0) is 17.7. The summed E-state index contributed by atoms with van der Waals surface area (Å²) in [5.41, 5.74) is 0.734. The highest BCUT2D eigenvalue weighted by molar-refractivity contribution is 9.10. The number of hydrogen-bond donors (Lipinski definition) is 3. The molecule has 24 heavy (non-hydrogen) atoms. The molecule has 6 nitrogen and oxygen atoms in total. The van der Waals surface area contributed by atoms with Gasteiger partial charge in [-0.1, -0.05) is 0 Å². The lowest BCUT2D eigenvalue weighted by molar-refractivity contribution is 0.0977. The van der Waals surface area contributed by atoms with Gasteiger partial charge >= 0.3 is 0 Å². The molecule has 0 fully saturated rings. The highest BCUT2D eigenvalue weighted by atomic mass is 79.9. The molecule has 0 saturated carbocycles. The van der Waals surface area contributed by atoms with Crippen LogP contribution in [0.5, 0.6) is 17.2 Å². The molecule has 0 aliphatic carbocycles. The number of nitrogens with one attached hydrogen (secondary N) is 2. The Bertz CT molecular complexity index is 783. The molecule has 126 valence electrons. The number of benzene rings is 2. The first-order valence-corrected chi connectivity index (χ1v) is 7.97. The van der Waals surface area contributed by atoms with Gasteiger partial charge in [-0.25, -0.2) is 0 Å². The maximum atomic E-state index is 12.2. The van der Waals surface area contributed by atoms with Gasteiger partial charge in [0.1, 0.15) is 17.2 Å². The fraction of sp³-hybridized carbons (Fsp3) is 0.125. The van der Waals surface area contributed by atoms with E-state index in [1.165, 1.54) is 13.2 Å². The lowest BCUT2D eigenvalue weighted by Crippen LogP contribution is -2.34. The predicted molar refractivity (Wildman–Crippen MR) is 99.0 cm³/mol. The second kappa shape index (κ2) is 7.98. The Morgan fingerprint density at radius 1 is 1.17 bits per heavy atom. The molecule has 0 saturated heterocycles. The van der Waals surface area contributed by atoms with Crippen molar-refractivity contribution < 1.29 is 19.4 Å². The number of ether oxygens (including phenoxy) is 2. The van der Waals surface area contributed by atoms with Crippen molar-refractivity contribution in [2.24, 2.45) is 0 Å². The van der Waals surface area contributed by atoms with E-state index in [-0.39, 0.29) is 10.9 Å².